The van der Waals surface area contributed by atoms with E-state index in [1.54, 1.807) is 55.8 Å². The molecule has 0 unspecified atom stereocenters. The maximum absolute atomic E-state index is 15.4. The van der Waals surface area contributed by atoms with Crippen LogP contribution in [0.4, 0.5) is 87.8 Å². The Morgan fingerprint density at radius 2 is 0.593 bits per heavy atom. The van der Waals surface area contributed by atoms with Crippen LogP contribution < -0.4 is 37.2 Å². The second kappa shape index (κ2) is 28.2. The van der Waals surface area contributed by atoms with Gasteiger partial charge in [0.15, 0.2) is 69.8 Å². The van der Waals surface area contributed by atoms with Gasteiger partial charge in [-0.25, -0.2) is 87.8 Å². The van der Waals surface area contributed by atoms with E-state index in [-0.39, 0.29) is 42.8 Å². The molecule has 0 radical (unpaired) electrons. The molecule has 28 heteroatoms. The van der Waals surface area contributed by atoms with Crippen LogP contribution in [0.25, 0.3) is 0 Å². The molecule has 0 saturated carbocycles. The van der Waals surface area contributed by atoms with Crippen LogP contribution in [0.1, 0.15) is 99.8 Å². The SMILES string of the molecule is CC(C)(C)[O-].CC(C)(C)[O-].COCCN(CCOC)Cc1cc(C(C)(C)C)cc(C(C)(C)C)c1[O-].Fc1c(F)c(F)c([B-](c2c(F)c(F)c(F)c(F)c2F)(c2c(F)c(F)c(F)c(F)c2F)c2c(F)c(F)c(F)c(F)c2F)c(F)c1F.[Zr+4]. The number of halogens is 20. The van der Waals surface area contributed by atoms with Gasteiger partial charge in [-0.2, -0.15) is 0 Å². The minimum absolute atomic E-state index is 0. The summed E-state index contributed by atoms with van der Waals surface area (Å²) < 4.78 is 304. The summed E-state index contributed by atoms with van der Waals surface area (Å²) in [4.78, 5) is 2.22. The summed E-state index contributed by atoms with van der Waals surface area (Å²) in [6.07, 6.45) is -7.22. The fourth-order valence-electron chi connectivity index (χ4n) is 7.62. The molecule has 0 spiro atoms. The summed E-state index contributed by atoms with van der Waals surface area (Å²) in [5.41, 5.74) is -13.0. The van der Waals surface area contributed by atoms with Crippen molar-refractivity contribution in [3.05, 3.63) is 145 Å². The molecule has 6 nitrogen and oxygen atoms in total. The van der Waals surface area contributed by atoms with E-state index in [9.17, 15) is 68.0 Å². The number of rotatable bonds is 12. The molecule has 5 rings (SSSR count). The van der Waals surface area contributed by atoms with Crippen LogP contribution in [0.15, 0.2) is 12.1 Å². The van der Waals surface area contributed by atoms with Gasteiger partial charge in [0, 0.05) is 33.9 Å². The minimum Gasteiger partial charge on any atom is -0.872 e. The summed E-state index contributed by atoms with van der Waals surface area (Å²) in [5.74, 6) is -71.2. The summed E-state index contributed by atoms with van der Waals surface area (Å²) in [6, 6.07) is 4.19. The molecule has 0 amide bonds. The van der Waals surface area contributed by atoms with Gasteiger partial charge in [0.05, 0.1) is 13.2 Å². The van der Waals surface area contributed by atoms with Crippen LogP contribution in [0.2, 0.25) is 0 Å². The van der Waals surface area contributed by atoms with Crippen molar-refractivity contribution >= 4 is 28.0 Å². The Labute approximate surface area is 473 Å². The van der Waals surface area contributed by atoms with Gasteiger partial charge in [-0.05, 0) is 27.5 Å². The molecule has 81 heavy (non-hydrogen) atoms. The number of benzene rings is 5. The van der Waals surface area contributed by atoms with Crippen molar-refractivity contribution in [2.45, 2.75) is 112 Å². The first-order valence-electron chi connectivity index (χ1n) is 23.4. The first kappa shape index (κ1) is 74.3. The third-order valence-electron chi connectivity index (χ3n) is 11.2. The summed E-state index contributed by atoms with van der Waals surface area (Å²) in [7, 11) is 3.40. The van der Waals surface area contributed by atoms with E-state index in [0.717, 1.165) is 24.2 Å². The van der Waals surface area contributed by atoms with E-state index < -0.39 is 156 Å². The Hall–Kier alpha value is -4.75. The smallest absolute Gasteiger partial charge is 0.872 e. The molecule has 0 aliphatic rings. The van der Waals surface area contributed by atoms with Gasteiger partial charge in [-0.3, -0.25) is 4.90 Å². The van der Waals surface area contributed by atoms with Crippen LogP contribution in [-0.4, -0.2) is 62.8 Å². The number of methoxy groups -OCH3 is 2. The third-order valence-corrected chi connectivity index (χ3v) is 11.2. The maximum atomic E-state index is 15.4. The number of hydrogen-bond donors (Lipinski definition) is 0. The van der Waals surface area contributed by atoms with E-state index in [4.69, 9.17) is 9.47 Å². The van der Waals surface area contributed by atoms with E-state index in [1.807, 2.05) is 0 Å². The Balaban J connectivity index is 0.000000763. The van der Waals surface area contributed by atoms with Crippen molar-refractivity contribution in [2.24, 2.45) is 0 Å². The topological polar surface area (TPSA) is 90.9 Å². The quantitative estimate of drug-likeness (QED) is 0.0536. The Morgan fingerprint density at radius 1 is 0.383 bits per heavy atom. The van der Waals surface area contributed by atoms with Gasteiger partial charge < -0.3 is 24.8 Å². The summed E-state index contributed by atoms with van der Waals surface area (Å²) in [6.45, 7) is 26.1. The zero-order chi connectivity index (χ0) is 62.6. The maximum Gasteiger partial charge on any atom is 4.00 e. The van der Waals surface area contributed by atoms with E-state index in [0.29, 0.717) is 19.8 Å². The largest absolute Gasteiger partial charge is 4.00 e. The predicted molar refractivity (Wildman–Crippen MR) is 251 cm³/mol. The molecule has 0 heterocycles. The normalized spacial score (nSPS) is 12.1. The molecule has 0 fully saturated rings. The zero-order valence-electron chi connectivity index (χ0n) is 45.8. The van der Waals surface area contributed by atoms with Crippen LogP contribution in [-0.2, 0) is 53.1 Å². The van der Waals surface area contributed by atoms with Gasteiger partial charge >= 0.3 is 26.2 Å². The molecule has 0 atom stereocenters. The zero-order valence-corrected chi connectivity index (χ0v) is 48.3. The number of nitrogens with zero attached hydrogens (tertiary/aromatic N) is 1. The molecule has 0 aliphatic heterocycles. The van der Waals surface area contributed by atoms with Gasteiger partial charge in [0.25, 0.3) is 0 Å². The van der Waals surface area contributed by atoms with Gasteiger partial charge in [0.2, 0.25) is 0 Å². The Kier molecular flexibility index (Phi) is 25.9. The standard InChI is InChI=1S/C24BF20.C21H37NO3.2C4H9O.Zr/c26-5-1(6(27)14(35)21(42)13(5)34)25(2-7(28)15(36)22(43)16(37)8(2)29,3-9(30)17(38)23(44)18(39)10(3)31)4-11(32)19(40)24(45)20(41)12(4)33;1-20(2,3)17-13-16(19(23)18(14-17)21(4,5)6)15-22(9-11-24-7)10-12-25-8;2*1-4(2,3)5;/h;13-14,23H,9-12,15H2,1-8H3;2*1-3H3;/q-1;;2*-1;+4/p-1. The van der Waals surface area contributed by atoms with Crippen molar-refractivity contribution in [3.8, 4) is 5.75 Å². The molecule has 0 bridgehead atoms. The number of ether oxygens (including phenoxy) is 2. The minimum atomic E-state index is -7.22. The monoisotopic (exact) mass is 1270 g/mol. The predicted octanol–water partition coefficient (Wildman–Crippen LogP) is 9.58. The fraction of sp³-hybridized carbons (Fsp3) is 0.434. The second-order valence-electron chi connectivity index (χ2n) is 21.8. The van der Waals surface area contributed by atoms with E-state index in [1.165, 1.54) is 5.56 Å². The van der Waals surface area contributed by atoms with E-state index in [2.05, 4.69) is 58.6 Å². The van der Waals surface area contributed by atoms with Crippen molar-refractivity contribution in [1.29, 1.82) is 0 Å². The number of hydrogen-bond acceptors (Lipinski definition) is 6. The fourth-order valence-corrected chi connectivity index (χ4v) is 7.62. The molecule has 5 aromatic carbocycles. The molecular weight excluding hydrogens is 1210 g/mol. The van der Waals surface area contributed by atoms with Crippen molar-refractivity contribution in [1.82, 2.24) is 4.90 Å². The molecule has 448 valence electrons. The van der Waals surface area contributed by atoms with Crippen molar-refractivity contribution < 1.29 is 139 Å². The van der Waals surface area contributed by atoms with Crippen molar-refractivity contribution in [2.75, 3.05) is 40.5 Å². The Bertz CT molecular complexity index is 2630. The van der Waals surface area contributed by atoms with Gasteiger partial charge in [0.1, 0.15) is 52.7 Å². The van der Waals surface area contributed by atoms with Crippen LogP contribution >= 0.6 is 0 Å². The van der Waals surface area contributed by atoms with Crippen LogP contribution in [0, 0.1) is 116 Å². The molecule has 0 saturated heterocycles. The van der Waals surface area contributed by atoms with Crippen molar-refractivity contribution in [3.63, 3.8) is 0 Å². The first-order chi connectivity index (χ1) is 36.2. The van der Waals surface area contributed by atoms with Gasteiger partial charge in [-0.1, -0.05) is 95.2 Å². The Morgan fingerprint density at radius 3 is 0.778 bits per heavy atom. The molecule has 5 aromatic rings. The van der Waals surface area contributed by atoms with Gasteiger partial charge in [-0.15, -0.1) is 38.8 Å². The molecule has 0 N–H and O–H groups in total. The van der Waals surface area contributed by atoms with Crippen LogP contribution in [0.5, 0.6) is 5.75 Å². The third kappa shape index (κ3) is 16.8. The summed E-state index contributed by atoms with van der Waals surface area (Å²) in [5, 5.41) is 33.3. The average molecular weight is 1270 g/mol. The summed E-state index contributed by atoms with van der Waals surface area (Å²) >= 11 is 0. The molecular formula is C53H54BF20NO5Zr. The van der Waals surface area contributed by atoms with E-state index >= 15 is 35.1 Å². The van der Waals surface area contributed by atoms with Crippen LogP contribution in [0.3, 0.4) is 0 Å². The first-order valence-corrected chi connectivity index (χ1v) is 23.4. The molecule has 0 aliphatic carbocycles. The second-order valence-corrected chi connectivity index (χ2v) is 21.8. The molecule has 0 aromatic heterocycles. The average Bonchev–Trinajstić information content (AvgIpc) is 3.33.